The molecule has 1 atom stereocenters. The van der Waals surface area contributed by atoms with Crippen molar-refractivity contribution in [1.82, 2.24) is 10.2 Å². The van der Waals surface area contributed by atoms with Crippen molar-refractivity contribution in [2.45, 2.75) is 45.7 Å². The first-order valence-corrected chi connectivity index (χ1v) is 12.8. The number of para-hydroxylation sites is 1. The van der Waals surface area contributed by atoms with Crippen LogP contribution in [0, 0.1) is 5.82 Å². The quantitative estimate of drug-likeness (QED) is 0.508. The number of amides is 2. The molecule has 0 saturated carbocycles. The first kappa shape index (κ1) is 26.3. The van der Waals surface area contributed by atoms with E-state index in [1.165, 1.54) is 21.3 Å². The fraction of sp³-hybridized carbons (Fsp3) is 0.417. The fourth-order valence-corrected chi connectivity index (χ4v) is 4.33. The van der Waals surface area contributed by atoms with Gasteiger partial charge in [-0.3, -0.25) is 13.9 Å². The van der Waals surface area contributed by atoms with Crippen LogP contribution in [-0.2, 0) is 26.2 Å². The highest BCUT2D eigenvalue weighted by Gasteiger charge is 2.26. The van der Waals surface area contributed by atoms with Gasteiger partial charge in [-0.15, -0.1) is 0 Å². The second-order valence-electron chi connectivity index (χ2n) is 7.89. The molecule has 7 nitrogen and oxygen atoms in total. The van der Waals surface area contributed by atoms with Gasteiger partial charge in [0.1, 0.15) is 11.9 Å². The van der Waals surface area contributed by atoms with Gasteiger partial charge in [0.25, 0.3) is 0 Å². The molecule has 2 rings (SSSR count). The van der Waals surface area contributed by atoms with E-state index < -0.39 is 16.1 Å². The largest absolute Gasteiger partial charge is 0.354 e. The third kappa shape index (κ3) is 8.16. The smallest absolute Gasteiger partial charge is 0.242 e. The van der Waals surface area contributed by atoms with Crippen LogP contribution in [-0.4, -0.2) is 50.5 Å². The molecule has 2 amide bonds. The van der Waals surface area contributed by atoms with E-state index in [-0.39, 0.29) is 43.6 Å². The van der Waals surface area contributed by atoms with Crippen LogP contribution in [0.2, 0.25) is 0 Å². The highest BCUT2D eigenvalue weighted by Crippen LogP contribution is 2.18. The van der Waals surface area contributed by atoms with Crippen molar-refractivity contribution in [1.29, 1.82) is 0 Å². The maximum absolute atomic E-state index is 13.3. The maximum Gasteiger partial charge on any atom is 0.242 e. The maximum atomic E-state index is 13.3. The average Bonchev–Trinajstić information content (AvgIpc) is 2.79. The molecule has 0 fully saturated rings. The minimum atomic E-state index is -3.52. The predicted octanol–water partition coefficient (Wildman–Crippen LogP) is 3.32. The zero-order valence-corrected chi connectivity index (χ0v) is 20.1. The van der Waals surface area contributed by atoms with Crippen molar-refractivity contribution in [3.05, 3.63) is 66.0 Å². The van der Waals surface area contributed by atoms with Crippen molar-refractivity contribution in [2.24, 2.45) is 0 Å². The van der Waals surface area contributed by atoms with Gasteiger partial charge >= 0.3 is 0 Å². The molecule has 1 N–H and O–H groups in total. The van der Waals surface area contributed by atoms with Gasteiger partial charge in [-0.2, -0.15) is 0 Å². The number of benzene rings is 2. The summed E-state index contributed by atoms with van der Waals surface area (Å²) in [6.07, 6.45) is 2.24. The van der Waals surface area contributed by atoms with Crippen LogP contribution in [0.15, 0.2) is 54.6 Å². The van der Waals surface area contributed by atoms with Crippen LogP contribution < -0.4 is 9.62 Å². The number of carbonyl (C=O) groups is 2. The lowest BCUT2D eigenvalue weighted by molar-refractivity contribution is -0.140. The summed E-state index contributed by atoms with van der Waals surface area (Å²) in [5.41, 5.74) is 1.23. The minimum absolute atomic E-state index is 0.0610. The minimum Gasteiger partial charge on any atom is -0.354 e. The molecule has 0 heterocycles. The lowest BCUT2D eigenvalue weighted by atomic mass is 10.1. The number of nitrogens with one attached hydrogen (secondary N) is 1. The average molecular weight is 478 g/mol. The normalized spacial score (nSPS) is 12.1. The molecule has 180 valence electrons. The second kappa shape index (κ2) is 12.3. The van der Waals surface area contributed by atoms with Gasteiger partial charge in [0.2, 0.25) is 21.8 Å². The number of rotatable bonds is 12. The Bertz CT molecular complexity index is 1010. The zero-order valence-electron chi connectivity index (χ0n) is 19.3. The number of hydrogen-bond acceptors (Lipinski definition) is 4. The van der Waals surface area contributed by atoms with Gasteiger partial charge in [0.05, 0.1) is 11.9 Å². The lowest BCUT2D eigenvalue weighted by Gasteiger charge is -2.29. The monoisotopic (exact) mass is 477 g/mol. The summed E-state index contributed by atoms with van der Waals surface area (Å²) in [4.78, 5) is 27.1. The fourth-order valence-electron chi connectivity index (χ4n) is 3.36. The van der Waals surface area contributed by atoms with Crippen LogP contribution in [0.4, 0.5) is 10.1 Å². The molecular formula is C24H32FN3O4S. The number of carbonyl (C=O) groups excluding carboxylic acids is 2. The summed E-state index contributed by atoms with van der Waals surface area (Å²) < 4.78 is 39.1. The molecule has 0 unspecified atom stereocenters. The molecule has 9 heteroatoms. The molecule has 0 bridgehead atoms. The third-order valence-electron chi connectivity index (χ3n) is 5.18. The first-order chi connectivity index (χ1) is 15.6. The third-order valence-corrected chi connectivity index (χ3v) is 6.37. The highest BCUT2D eigenvalue weighted by molar-refractivity contribution is 7.92. The van der Waals surface area contributed by atoms with Gasteiger partial charge in [0, 0.05) is 26.1 Å². The van der Waals surface area contributed by atoms with E-state index in [1.807, 2.05) is 6.92 Å². The Kier molecular flexibility index (Phi) is 9.84. The molecule has 0 spiro atoms. The Hall–Kier alpha value is -2.94. The van der Waals surface area contributed by atoms with Crippen LogP contribution in [0.3, 0.4) is 0 Å². The van der Waals surface area contributed by atoms with Crippen LogP contribution in [0.25, 0.3) is 0 Å². The first-order valence-electron chi connectivity index (χ1n) is 11.0. The van der Waals surface area contributed by atoms with Gasteiger partial charge in [-0.25, -0.2) is 12.8 Å². The summed E-state index contributed by atoms with van der Waals surface area (Å²) in [7, 11) is -3.52. The Morgan fingerprint density at radius 1 is 1.06 bits per heavy atom. The van der Waals surface area contributed by atoms with Gasteiger partial charge in [0.15, 0.2) is 0 Å². The molecule has 33 heavy (non-hydrogen) atoms. The van der Waals surface area contributed by atoms with Crippen molar-refractivity contribution >= 4 is 27.5 Å². The van der Waals surface area contributed by atoms with Crippen molar-refractivity contribution < 1.29 is 22.4 Å². The number of hydrogen-bond donors (Lipinski definition) is 1. The molecule has 0 saturated heterocycles. The van der Waals surface area contributed by atoms with E-state index >= 15 is 0 Å². The molecule has 0 aromatic heterocycles. The molecule has 0 aliphatic carbocycles. The van der Waals surface area contributed by atoms with E-state index in [0.717, 1.165) is 12.7 Å². The Morgan fingerprint density at radius 2 is 1.70 bits per heavy atom. The van der Waals surface area contributed by atoms with Crippen molar-refractivity contribution in [3.8, 4) is 0 Å². The summed E-state index contributed by atoms with van der Waals surface area (Å²) >= 11 is 0. The van der Waals surface area contributed by atoms with Crippen molar-refractivity contribution in [3.63, 3.8) is 0 Å². The lowest BCUT2D eigenvalue weighted by Crippen LogP contribution is -2.47. The molecule has 0 radical (unpaired) electrons. The van der Waals surface area contributed by atoms with Gasteiger partial charge in [-0.05, 0) is 49.6 Å². The molecule has 0 aliphatic rings. The molecule has 2 aromatic rings. The van der Waals surface area contributed by atoms with E-state index in [1.54, 1.807) is 49.4 Å². The number of sulfonamides is 1. The van der Waals surface area contributed by atoms with Crippen LogP contribution in [0.5, 0.6) is 0 Å². The predicted molar refractivity (Wildman–Crippen MR) is 128 cm³/mol. The molecular weight excluding hydrogens is 445 g/mol. The van der Waals surface area contributed by atoms with E-state index in [2.05, 4.69) is 5.32 Å². The number of anilines is 1. The van der Waals surface area contributed by atoms with E-state index in [0.29, 0.717) is 17.8 Å². The topological polar surface area (TPSA) is 86.8 Å². The van der Waals surface area contributed by atoms with Crippen LogP contribution >= 0.6 is 0 Å². The van der Waals surface area contributed by atoms with E-state index in [9.17, 15) is 22.4 Å². The SMILES string of the molecule is CCCNC(=O)[C@@H](C)N(Cc1ccc(F)cc1)C(=O)CCCN(c1ccccc1)S(C)(=O)=O. The molecule has 2 aromatic carbocycles. The van der Waals surface area contributed by atoms with Gasteiger partial charge < -0.3 is 10.2 Å². The standard InChI is InChI=1S/C24H32FN3O4S/c1-4-16-26-24(30)19(2)27(18-20-12-14-21(25)15-13-20)23(29)11-8-17-28(33(3,31)32)22-9-6-5-7-10-22/h5-7,9-10,12-15,19H,4,8,11,16-18H2,1-3H3,(H,26,30)/t19-/m1/s1. The summed E-state index contributed by atoms with van der Waals surface area (Å²) in [5, 5.41) is 2.80. The second-order valence-corrected chi connectivity index (χ2v) is 9.80. The Labute approximate surface area is 195 Å². The molecule has 0 aliphatic heterocycles. The van der Waals surface area contributed by atoms with Gasteiger partial charge in [-0.1, -0.05) is 37.3 Å². The van der Waals surface area contributed by atoms with Crippen LogP contribution in [0.1, 0.15) is 38.7 Å². The van der Waals surface area contributed by atoms with E-state index in [4.69, 9.17) is 0 Å². The summed E-state index contributed by atoms with van der Waals surface area (Å²) in [6.45, 7) is 4.37. The zero-order chi connectivity index (χ0) is 24.4. The number of halogens is 1. The van der Waals surface area contributed by atoms with Crippen molar-refractivity contribution in [2.75, 3.05) is 23.7 Å². The Balaban J connectivity index is 2.12. The number of nitrogens with zero attached hydrogens (tertiary/aromatic N) is 2. The summed E-state index contributed by atoms with van der Waals surface area (Å²) in [6, 6.07) is 13.7. The Morgan fingerprint density at radius 3 is 2.27 bits per heavy atom. The summed E-state index contributed by atoms with van der Waals surface area (Å²) in [5.74, 6) is -0.929. The highest BCUT2D eigenvalue weighted by atomic mass is 32.2.